The summed E-state index contributed by atoms with van der Waals surface area (Å²) in [6.07, 6.45) is 2.60. The van der Waals surface area contributed by atoms with Crippen molar-refractivity contribution in [1.29, 1.82) is 0 Å². The normalized spacial score (nSPS) is 22.0. The minimum atomic E-state index is -0.578. The van der Waals surface area contributed by atoms with Gasteiger partial charge in [0.25, 0.3) is 11.8 Å². The highest BCUT2D eigenvalue weighted by atomic mass is 35.5. The van der Waals surface area contributed by atoms with Crippen molar-refractivity contribution in [1.82, 2.24) is 10.6 Å². The maximum atomic E-state index is 12.8. The molecule has 0 radical (unpaired) electrons. The van der Waals surface area contributed by atoms with Gasteiger partial charge in [-0.25, -0.2) is 0 Å². The fourth-order valence-corrected chi connectivity index (χ4v) is 4.48. The average Bonchev–Trinajstić information content (AvgIpc) is 2.80. The molecule has 33 heavy (non-hydrogen) atoms. The molecular weight excluding hydrogens is 465 g/mol. The summed E-state index contributed by atoms with van der Waals surface area (Å²) in [5, 5.41) is 7.38. The van der Waals surface area contributed by atoms with E-state index < -0.39 is 6.10 Å². The number of likely N-dealkylation sites (N-methyl/N-ethyl adjacent to an activating group) is 1. The first-order chi connectivity index (χ1) is 15.9. The molecule has 0 aromatic heterocycles. The van der Waals surface area contributed by atoms with E-state index in [9.17, 15) is 9.59 Å². The number of rotatable bonds is 6. The molecule has 1 atom stereocenters. The Morgan fingerprint density at radius 3 is 2.33 bits per heavy atom. The molecule has 7 nitrogen and oxygen atoms in total. The number of amides is 2. The average molecular weight is 492 g/mol. The van der Waals surface area contributed by atoms with Crippen LogP contribution in [0.4, 0.5) is 5.69 Å². The molecule has 1 aliphatic heterocycles. The van der Waals surface area contributed by atoms with Crippen LogP contribution in [0.1, 0.15) is 25.7 Å². The Bertz CT molecular complexity index is 994. The highest BCUT2D eigenvalue weighted by Gasteiger charge is 2.31. The van der Waals surface area contributed by atoms with Gasteiger partial charge in [0.2, 0.25) is 0 Å². The van der Waals surface area contributed by atoms with E-state index >= 15 is 0 Å². The van der Waals surface area contributed by atoms with Gasteiger partial charge in [0.1, 0.15) is 11.5 Å². The van der Waals surface area contributed by atoms with Crippen molar-refractivity contribution in [2.24, 2.45) is 0 Å². The fourth-order valence-electron chi connectivity index (χ4n) is 4.19. The van der Waals surface area contributed by atoms with Gasteiger partial charge < -0.3 is 25.0 Å². The number of benzene rings is 2. The van der Waals surface area contributed by atoms with Crippen LogP contribution >= 0.6 is 23.2 Å². The van der Waals surface area contributed by atoms with Gasteiger partial charge in [-0.2, -0.15) is 0 Å². The van der Waals surface area contributed by atoms with Crippen molar-refractivity contribution in [2.45, 2.75) is 43.9 Å². The number of carbonyl (C=O) groups is 2. The predicted molar refractivity (Wildman–Crippen MR) is 128 cm³/mol. The quantitative estimate of drug-likeness (QED) is 0.641. The summed E-state index contributed by atoms with van der Waals surface area (Å²) in [7, 11) is 1.92. The number of hydrogen-bond acceptors (Lipinski definition) is 5. The van der Waals surface area contributed by atoms with Crippen LogP contribution in [0.15, 0.2) is 42.5 Å². The predicted octanol–water partition coefficient (Wildman–Crippen LogP) is 3.81. The second-order valence-electron chi connectivity index (χ2n) is 8.47. The Morgan fingerprint density at radius 1 is 1.00 bits per heavy atom. The first-order valence-electron chi connectivity index (χ1n) is 11.0. The SMILES string of the molecule is CN1CC(C(=O)NC2CCC(NC(=O)COc3ccc(Cl)cc3)CC2)Oc2ccc(Cl)cc21. The maximum absolute atomic E-state index is 12.8. The molecule has 2 aromatic carbocycles. The second kappa shape index (κ2) is 10.5. The lowest BCUT2D eigenvalue weighted by Crippen LogP contribution is -2.52. The van der Waals surface area contributed by atoms with Crippen LogP contribution in [-0.4, -0.2) is 50.2 Å². The molecule has 1 saturated carbocycles. The number of anilines is 1. The van der Waals surface area contributed by atoms with Crippen LogP contribution in [0, 0.1) is 0 Å². The molecule has 2 N–H and O–H groups in total. The standard InChI is InChI=1S/C24H27Cl2N3O4/c1-29-13-22(33-21-11-4-16(26)12-20(21)29)24(31)28-18-7-5-17(6-8-18)27-23(30)14-32-19-9-2-15(25)3-10-19/h2-4,9-12,17-18,22H,5-8,13-14H2,1H3,(H,27,30)(H,28,31). The zero-order valence-electron chi connectivity index (χ0n) is 18.4. The summed E-state index contributed by atoms with van der Waals surface area (Å²) in [4.78, 5) is 27.0. The summed E-state index contributed by atoms with van der Waals surface area (Å²) in [5.74, 6) is 0.976. The lowest BCUT2D eigenvalue weighted by Gasteiger charge is -2.35. The summed E-state index contributed by atoms with van der Waals surface area (Å²) < 4.78 is 11.4. The molecule has 2 amide bonds. The second-order valence-corrected chi connectivity index (χ2v) is 9.34. The van der Waals surface area contributed by atoms with Gasteiger partial charge in [0.05, 0.1) is 12.2 Å². The third-order valence-corrected chi connectivity index (χ3v) is 6.44. The van der Waals surface area contributed by atoms with Crippen molar-refractivity contribution in [3.8, 4) is 11.5 Å². The summed E-state index contributed by atoms with van der Waals surface area (Å²) in [6, 6.07) is 12.4. The summed E-state index contributed by atoms with van der Waals surface area (Å²) >= 11 is 11.9. The van der Waals surface area contributed by atoms with Gasteiger partial charge in [-0.3, -0.25) is 9.59 Å². The lowest BCUT2D eigenvalue weighted by molar-refractivity contribution is -0.129. The lowest BCUT2D eigenvalue weighted by atomic mass is 9.91. The third-order valence-electron chi connectivity index (χ3n) is 5.96. The highest BCUT2D eigenvalue weighted by Crippen LogP contribution is 2.34. The zero-order chi connectivity index (χ0) is 23.4. The van der Waals surface area contributed by atoms with Crippen molar-refractivity contribution in [2.75, 3.05) is 25.1 Å². The molecule has 2 aliphatic rings. The maximum Gasteiger partial charge on any atom is 0.263 e. The molecule has 2 aromatic rings. The molecule has 0 saturated heterocycles. The largest absolute Gasteiger partial charge is 0.484 e. The molecule has 0 bridgehead atoms. The first-order valence-corrected chi connectivity index (χ1v) is 11.8. The van der Waals surface area contributed by atoms with Crippen LogP contribution in [0.5, 0.6) is 11.5 Å². The Labute approximate surface area is 203 Å². The number of carbonyl (C=O) groups excluding carboxylic acids is 2. The van der Waals surface area contributed by atoms with E-state index in [2.05, 4.69) is 10.6 Å². The van der Waals surface area contributed by atoms with E-state index in [1.165, 1.54) is 0 Å². The van der Waals surface area contributed by atoms with E-state index in [0.29, 0.717) is 28.1 Å². The Balaban J connectivity index is 1.19. The smallest absolute Gasteiger partial charge is 0.263 e. The number of ether oxygens (including phenoxy) is 2. The highest BCUT2D eigenvalue weighted by molar-refractivity contribution is 6.31. The molecule has 1 unspecified atom stereocenters. The number of nitrogens with one attached hydrogen (secondary N) is 2. The van der Waals surface area contributed by atoms with E-state index in [-0.39, 0.29) is 30.5 Å². The third kappa shape index (κ3) is 6.24. The van der Waals surface area contributed by atoms with E-state index in [1.54, 1.807) is 36.4 Å². The first kappa shape index (κ1) is 23.5. The minimum Gasteiger partial charge on any atom is -0.484 e. The summed E-state index contributed by atoms with van der Waals surface area (Å²) in [6.45, 7) is 0.412. The van der Waals surface area contributed by atoms with Gasteiger partial charge in [-0.1, -0.05) is 23.2 Å². The van der Waals surface area contributed by atoms with Crippen molar-refractivity contribution < 1.29 is 19.1 Å². The molecule has 1 heterocycles. The molecule has 4 rings (SSSR count). The van der Waals surface area contributed by atoms with Gasteiger partial charge in [0, 0.05) is 29.2 Å². The fraction of sp³-hybridized carbons (Fsp3) is 0.417. The van der Waals surface area contributed by atoms with Crippen LogP contribution in [0.2, 0.25) is 10.0 Å². The minimum absolute atomic E-state index is 0.0441. The van der Waals surface area contributed by atoms with Gasteiger partial charge >= 0.3 is 0 Å². The Kier molecular flexibility index (Phi) is 7.50. The number of fused-ring (bicyclic) bond motifs is 1. The molecular formula is C24H27Cl2N3O4. The van der Waals surface area contributed by atoms with Gasteiger partial charge in [0.15, 0.2) is 12.7 Å². The zero-order valence-corrected chi connectivity index (χ0v) is 19.9. The number of hydrogen-bond donors (Lipinski definition) is 2. The van der Waals surface area contributed by atoms with Crippen molar-refractivity contribution >= 4 is 40.7 Å². The molecule has 1 aliphatic carbocycles. The van der Waals surface area contributed by atoms with Crippen LogP contribution in [0.3, 0.4) is 0 Å². The van der Waals surface area contributed by atoms with Gasteiger partial charge in [-0.05, 0) is 68.1 Å². The molecule has 176 valence electrons. The molecule has 0 spiro atoms. The monoisotopic (exact) mass is 491 g/mol. The number of nitrogens with zero attached hydrogens (tertiary/aromatic N) is 1. The van der Waals surface area contributed by atoms with Crippen molar-refractivity contribution in [3.05, 3.63) is 52.5 Å². The van der Waals surface area contributed by atoms with Crippen LogP contribution in [-0.2, 0) is 9.59 Å². The Morgan fingerprint density at radius 2 is 1.64 bits per heavy atom. The molecule has 9 heteroatoms. The molecule has 1 fully saturated rings. The van der Waals surface area contributed by atoms with E-state index in [4.69, 9.17) is 32.7 Å². The van der Waals surface area contributed by atoms with Crippen LogP contribution in [0.25, 0.3) is 0 Å². The van der Waals surface area contributed by atoms with Gasteiger partial charge in [-0.15, -0.1) is 0 Å². The van der Waals surface area contributed by atoms with E-state index in [0.717, 1.165) is 31.4 Å². The summed E-state index contributed by atoms with van der Waals surface area (Å²) in [5.41, 5.74) is 0.878. The topological polar surface area (TPSA) is 79.9 Å². The number of halogens is 2. The van der Waals surface area contributed by atoms with E-state index in [1.807, 2.05) is 18.0 Å². The van der Waals surface area contributed by atoms with Crippen LogP contribution < -0.4 is 25.0 Å². The Hall–Kier alpha value is -2.64. The van der Waals surface area contributed by atoms with Crippen molar-refractivity contribution in [3.63, 3.8) is 0 Å².